The predicted molar refractivity (Wildman–Crippen MR) is 119 cm³/mol. The highest BCUT2D eigenvalue weighted by Gasteiger charge is 2.23. The van der Waals surface area contributed by atoms with Crippen LogP contribution < -0.4 is 10.5 Å². The van der Waals surface area contributed by atoms with Crippen LogP contribution in [-0.2, 0) is 0 Å². The minimum atomic E-state index is -1.08. The van der Waals surface area contributed by atoms with E-state index in [1.54, 1.807) is 28.8 Å². The van der Waals surface area contributed by atoms with E-state index in [4.69, 9.17) is 22.1 Å². The molecule has 3 aromatic heterocycles. The maximum atomic E-state index is 12.1. The fourth-order valence-corrected chi connectivity index (χ4v) is 4.62. The van der Waals surface area contributed by atoms with Crippen LogP contribution in [0.3, 0.4) is 0 Å². The van der Waals surface area contributed by atoms with Crippen molar-refractivity contribution >= 4 is 40.5 Å². The highest BCUT2D eigenvalue weighted by molar-refractivity contribution is 7.17. The average molecular weight is 456 g/mol. The molecule has 0 aliphatic rings. The smallest absolute Gasteiger partial charge is 0.352 e. The van der Waals surface area contributed by atoms with Crippen molar-refractivity contribution in [3.8, 4) is 16.3 Å². The lowest BCUT2D eigenvalue weighted by Gasteiger charge is -2.16. The second-order valence-corrected chi connectivity index (χ2v) is 8.42. The number of amides is 1. The molecule has 1 unspecified atom stereocenters. The SMILES string of the molecule is Cc1ccc(C(=O)O)n2c(-c3cc(OC(C)c4ccccc4Cl)c(C(N)=O)s3)cnc12. The van der Waals surface area contributed by atoms with Crippen LogP contribution >= 0.6 is 22.9 Å². The van der Waals surface area contributed by atoms with Crippen LogP contribution in [0.1, 0.15) is 44.3 Å². The summed E-state index contributed by atoms with van der Waals surface area (Å²) in [6.45, 7) is 3.67. The number of primary amides is 1. The Hall–Kier alpha value is -3.36. The lowest BCUT2D eigenvalue weighted by Crippen LogP contribution is -2.12. The first-order chi connectivity index (χ1) is 14.8. The number of benzene rings is 1. The minimum absolute atomic E-state index is 0.0639. The molecule has 0 bridgehead atoms. The molecule has 158 valence electrons. The number of nitrogens with two attached hydrogens (primary N) is 1. The number of pyridine rings is 1. The number of thiophene rings is 1. The topological polar surface area (TPSA) is 107 Å². The van der Waals surface area contributed by atoms with E-state index in [2.05, 4.69) is 4.98 Å². The molecule has 7 nitrogen and oxygen atoms in total. The highest BCUT2D eigenvalue weighted by Crippen LogP contribution is 2.39. The number of hydrogen-bond donors (Lipinski definition) is 2. The maximum Gasteiger partial charge on any atom is 0.352 e. The normalized spacial score (nSPS) is 12.1. The summed E-state index contributed by atoms with van der Waals surface area (Å²) >= 11 is 7.39. The molecule has 0 aliphatic carbocycles. The molecule has 3 N–H and O–H groups in total. The lowest BCUT2D eigenvalue weighted by atomic mass is 10.1. The molecular weight excluding hydrogens is 438 g/mol. The Morgan fingerprint density at radius 2 is 2.00 bits per heavy atom. The number of hydrogen-bond acceptors (Lipinski definition) is 5. The summed E-state index contributed by atoms with van der Waals surface area (Å²) in [6, 6.07) is 12.2. The number of aromatic carboxylic acids is 1. The molecule has 31 heavy (non-hydrogen) atoms. The van der Waals surface area contributed by atoms with Crippen molar-refractivity contribution in [2.24, 2.45) is 5.73 Å². The van der Waals surface area contributed by atoms with Gasteiger partial charge in [-0.15, -0.1) is 11.3 Å². The molecule has 1 aromatic carbocycles. The average Bonchev–Trinajstić information content (AvgIpc) is 3.33. The third-order valence-electron chi connectivity index (χ3n) is 4.89. The van der Waals surface area contributed by atoms with E-state index in [-0.39, 0.29) is 10.6 Å². The zero-order valence-electron chi connectivity index (χ0n) is 16.6. The summed E-state index contributed by atoms with van der Waals surface area (Å²) in [5.74, 6) is -1.42. The second kappa shape index (κ2) is 8.05. The molecular formula is C22H18ClN3O4S. The Morgan fingerprint density at radius 3 is 2.68 bits per heavy atom. The third kappa shape index (κ3) is 3.75. The number of imidazole rings is 1. The van der Waals surface area contributed by atoms with E-state index in [1.165, 1.54) is 6.07 Å². The van der Waals surface area contributed by atoms with Crippen molar-refractivity contribution in [2.75, 3.05) is 0 Å². The first-order valence-corrected chi connectivity index (χ1v) is 10.5. The molecule has 4 aromatic rings. The van der Waals surface area contributed by atoms with Gasteiger partial charge in [0, 0.05) is 16.7 Å². The van der Waals surface area contributed by atoms with Crippen LogP contribution in [0.2, 0.25) is 5.02 Å². The van der Waals surface area contributed by atoms with Gasteiger partial charge in [0.1, 0.15) is 28.1 Å². The summed E-state index contributed by atoms with van der Waals surface area (Å²) in [6.07, 6.45) is 1.14. The molecule has 3 heterocycles. The number of carboxylic acids is 1. The Kier molecular flexibility index (Phi) is 5.43. The first-order valence-electron chi connectivity index (χ1n) is 9.33. The summed E-state index contributed by atoms with van der Waals surface area (Å²) in [5.41, 5.74) is 8.30. The molecule has 0 fully saturated rings. The maximum absolute atomic E-state index is 12.1. The van der Waals surface area contributed by atoms with Crippen molar-refractivity contribution in [2.45, 2.75) is 20.0 Å². The van der Waals surface area contributed by atoms with Gasteiger partial charge in [0.05, 0.1) is 16.8 Å². The van der Waals surface area contributed by atoms with E-state index in [0.29, 0.717) is 27.0 Å². The number of aromatic nitrogens is 2. The molecule has 0 radical (unpaired) electrons. The lowest BCUT2D eigenvalue weighted by molar-refractivity contribution is 0.0688. The van der Waals surface area contributed by atoms with Crippen LogP contribution in [0.4, 0.5) is 0 Å². The standard InChI is InChI=1S/C22H18ClN3O4S/c1-11-7-8-15(22(28)29)26-16(10-25-21(11)26)18-9-17(19(31-18)20(24)27)30-12(2)13-5-3-4-6-14(13)23/h3-10,12H,1-2H3,(H2,24,27)(H,28,29). The number of aryl methyl sites for hydroxylation is 1. The number of fused-ring (bicyclic) bond motifs is 1. The molecule has 0 saturated carbocycles. The van der Waals surface area contributed by atoms with Crippen molar-refractivity contribution in [3.63, 3.8) is 0 Å². The number of carboxylic acid groups (broad SMARTS) is 1. The number of carbonyl (C=O) groups is 2. The first kappa shape index (κ1) is 20.9. The van der Waals surface area contributed by atoms with Crippen LogP contribution in [0.5, 0.6) is 5.75 Å². The summed E-state index contributed by atoms with van der Waals surface area (Å²) in [7, 11) is 0. The number of rotatable bonds is 6. The minimum Gasteiger partial charge on any atom is -0.484 e. The monoisotopic (exact) mass is 455 g/mol. The van der Waals surface area contributed by atoms with Crippen LogP contribution in [0.15, 0.2) is 48.7 Å². The Labute approximate surface area is 186 Å². The molecule has 4 rings (SSSR count). The van der Waals surface area contributed by atoms with Gasteiger partial charge in [-0.25, -0.2) is 9.78 Å². The molecule has 9 heteroatoms. The zero-order valence-corrected chi connectivity index (χ0v) is 18.2. The summed E-state index contributed by atoms with van der Waals surface area (Å²) in [4.78, 5) is 29.1. The number of ether oxygens (including phenoxy) is 1. The van der Waals surface area contributed by atoms with Gasteiger partial charge in [-0.2, -0.15) is 0 Å². The highest BCUT2D eigenvalue weighted by atomic mass is 35.5. The largest absolute Gasteiger partial charge is 0.484 e. The molecule has 1 atom stereocenters. The summed E-state index contributed by atoms with van der Waals surface area (Å²) < 4.78 is 7.60. The molecule has 1 amide bonds. The summed E-state index contributed by atoms with van der Waals surface area (Å²) in [5, 5.41) is 10.2. The van der Waals surface area contributed by atoms with Gasteiger partial charge in [0.2, 0.25) is 0 Å². The number of nitrogens with zero attached hydrogens (tertiary/aromatic N) is 2. The zero-order chi connectivity index (χ0) is 22.3. The van der Waals surface area contributed by atoms with Gasteiger partial charge in [-0.3, -0.25) is 9.20 Å². The van der Waals surface area contributed by atoms with E-state index >= 15 is 0 Å². The Morgan fingerprint density at radius 1 is 1.26 bits per heavy atom. The van der Waals surface area contributed by atoms with Gasteiger partial charge < -0.3 is 15.6 Å². The predicted octanol–water partition coefficient (Wildman–Crippen LogP) is 4.96. The van der Waals surface area contributed by atoms with Crippen molar-refractivity contribution in [3.05, 3.63) is 75.4 Å². The number of carbonyl (C=O) groups excluding carboxylic acids is 1. The van der Waals surface area contributed by atoms with Crippen molar-refractivity contribution in [1.29, 1.82) is 0 Å². The van der Waals surface area contributed by atoms with E-state index in [9.17, 15) is 14.7 Å². The van der Waals surface area contributed by atoms with Gasteiger partial charge in [0.15, 0.2) is 0 Å². The Balaban J connectivity index is 1.82. The van der Waals surface area contributed by atoms with E-state index in [1.807, 2.05) is 32.0 Å². The van der Waals surface area contributed by atoms with Crippen molar-refractivity contribution < 1.29 is 19.4 Å². The Bertz CT molecular complexity index is 1330. The van der Waals surface area contributed by atoms with Gasteiger partial charge in [0.25, 0.3) is 5.91 Å². The van der Waals surface area contributed by atoms with Crippen LogP contribution in [-0.4, -0.2) is 26.4 Å². The van der Waals surface area contributed by atoms with Crippen LogP contribution in [0, 0.1) is 6.92 Å². The molecule has 0 spiro atoms. The fraction of sp³-hybridized carbons (Fsp3) is 0.136. The molecule has 0 aliphatic heterocycles. The quantitative estimate of drug-likeness (QED) is 0.427. The van der Waals surface area contributed by atoms with Crippen molar-refractivity contribution in [1.82, 2.24) is 9.38 Å². The van der Waals surface area contributed by atoms with Gasteiger partial charge >= 0.3 is 5.97 Å². The van der Waals surface area contributed by atoms with E-state index < -0.39 is 18.0 Å². The van der Waals surface area contributed by atoms with E-state index in [0.717, 1.165) is 22.5 Å². The molecule has 0 saturated heterocycles. The fourth-order valence-electron chi connectivity index (χ4n) is 3.39. The second-order valence-electron chi connectivity index (χ2n) is 6.96. The third-order valence-corrected chi connectivity index (χ3v) is 6.38. The van der Waals surface area contributed by atoms with Crippen LogP contribution in [0.25, 0.3) is 16.2 Å². The van der Waals surface area contributed by atoms with Gasteiger partial charge in [-0.1, -0.05) is 35.9 Å². The number of halogens is 1. The van der Waals surface area contributed by atoms with Gasteiger partial charge in [-0.05, 0) is 31.5 Å².